The Morgan fingerprint density at radius 2 is 1.00 bits per heavy atom. The van der Waals surface area contributed by atoms with Crippen molar-refractivity contribution in [3.63, 3.8) is 0 Å². The number of halogens is 10. The smallest absolute Gasteiger partial charge is 0.344 e. The van der Waals surface area contributed by atoms with Crippen LogP contribution in [0.4, 0.5) is 43.9 Å². The summed E-state index contributed by atoms with van der Waals surface area (Å²) >= 11 is 0. The van der Waals surface area contributed by atoms with Gasteiger partial charge < -0.3 is 6.15 Å². The van der Waals surface area contributed by atoms with Gasteiger partial charge in [-0.25, -0.2) is 0 Å². The average molecular weight is 363 g/mol. The highest BCUT2D eigenvalue weighted by Crippen LogP contribution is 2.57. The molecule has 0 aromatic rings. The summed E-state index contributed by atoms with van der Waals surface area (Å²) < 4.78 is 152. The van der Waals surface area contributed by atoms with Crippen LogP contribution >= 0.6 is 0 Å². The molecule has 0 saturated carbocycles. The van der Waals surface area contributed by atoms with Gasteiger partial charge in [0.05, 0.1) is 0 Å². The van der Waals surface area contributed by atoms with E-state index in [9.17, 15) is 52.3 Å². The number of hydrogen-bond acceptors (Lipinski definition) is 3. The summed E-state index contributed by atoms with van der Waals surface area (Å²) in [4.78, 5) is 0. The second-order valence-corrected chi connectivity index (χ2v) is 5.07. The van der Waals surface area contributed by atoms with Gasteiger partial charge in [-0.3, -0.25) is 4.55 Å². The lowest BCUT2D eigenvalue weighted by atomic mass is 10.00. The topological polar surface area (TPSA) is 89.4 Å². The van der Waals surface area contributed by atoms with Gasteiger partial charge in [-0.2, -0.15) is 52.3 Å². The zero-order valence-electron chi connectivity index (χ0n) is 9.66. The third kappa shape index (κ3) is 2.90. The standard InChI is InChI=1S/C6H4F10O3S.H3N/c1-2(7,8)3(9,10)4(11,12)5(13,14)6(15,16)20(17,18)19;/h1H3,(H,17,18,19);1H3. The molecular weight excluding hydrogens is 356 g/mol. The maximum Gasteiger partial charge on any atom is 0.438 e. The van der Waals surface area contributed by atoms with E-state index in [4.69, 9.17) is 4.55 Å². The Hall–Kier alpha value is -0.830. The van der Waals surface area contributed by atoms with E-state index >= 15 is 0 Å². The van der Waals surface area contributed by atoms with Gasteiger partial charge in [0.25, 0.3) is 0 Å². The van der Waals surface area contributed by atoms with Crippen LogP contribution < -0.4 is 6.15 Å². The fraction of sp³-hybridized carbons (Fsp3) is 1.00. The molecule has 0 aliphatic carbocycles. The first-order valence-electron chi connectivity index (χ1n) is 4.11. The molecule has 130 valence electrons. The van der Waals surface area contributed by atoms with Crippen molar-refractivity contribution < 1.29 is 56.9 Å². The summed E-state index contributed by atoms with van der Waals surface area (Å²) in [6.07, 6.45) is 0. The van der Waals surface area contributed by atoms with Crippen LogP contribution in [0.25, 0.3) is 0 Å². The lowest BCUT2D eigenvalue weighted by molar-refractivity contribution is -0.386. The highest BCUT2D eigenvalue weighted by atomic mass is 32.2. The van der Waals surface area contributed by atoms with E-state index in [0.717, 1.165) is 0 Å². The minimum Gasteiger partial charge on any atom is -0.344 e. The van der Waals surface area contributed by atoms with Crippen molar-refractivity contribution >= 4 is 10.1 Å². The molecule has 4 nitrogen and oxygen atoms in total. The Labute approximate surface area is 110 Å². The Morgan fingerprint density at radius 3 is 1.19 bits per heavy atom. The van der Waals surface area contributed by atoms with Gasteiger partial charge in [0.15, 0.2) is 0 Å². The summed E-state index contributed by atoms with van der Waals surface area (Å²) in [7, 11) is -7.29. The van der Waals surface area contributed by atoms with E-state index in [2.05, 4.69) is 0 Å². The minimum atomic E-state index is -7.52. The fourth-order valence-corrected chi connectivity index (χ4v) is 1.27. The van der Waals surface area contributed by atoms with Gasteiger partial charge in [-0.05, 0) is 0 Å². The third-order valence-corrected chi connectivity index (χ3v) is 2.93. The van der Waals surface area contributed by atoms with Crippen LogP contribution in [-0.2, 0) is 10.1 Å². The normalized spacial score (nSPS) is 15.6. The molecule has 0 saturated heterocycles. The predicted molar refractivity (Wildman–Crippen MR) is 47.0 cm³/mol. The van der Waals surface area contributed by atoms with Gasteiger partial charge in [-0.1, -0.05) is 0 Å². The Bertz CT molecular complexity index is 482. The van der Waals surface area contributed by atoms with Crippen molar-refractivity contribution in [3.8, 4) is 0 Å². The van der Waals surface area contributed by atoms with Crippen LogP contribution in [0.3, 0.4) is 0 Å². The summed E-state index contributed by atoms with van der Waals surface area (Å²) in [6.45, 7) is -0.970. The zero-order chi connectivity index (χ0) is 17.0. The largest absolute Gasteiger partial charge is 0.438 e. The SMILES string of the molecule is CC(F)(F)C(F)(F)C(F)(F)C(F)(F)C(F)(F)S(=O)(=O)O.N. The molecule has 0 atom stereocenters. The Kier molecular flexibility index (Phi) is 5.47. The van der Waals surface area contributed by atoms with Gasteiger partial charge in [0.2, 0.25) is 0 Å². The second kappa shape index (κ2) is 5.12. The first kappa shape index (κ1) is 22.5. The van der Waals surface area contributed by atoms with Crippen molar-refractivity contribution in [1.82, 2.24) is 6.15 Å². The molecule has 0 rings (SSSR count). The van der Waals surface area contributed by atoms with Gasteiger partial charge in [0, 0.05) is 6.92 Å². The van der Waals surface area contributed by atoms with Crippen LogP contribution in [0, 0.1) is 0 Å². The first-order valence-corrected chi connectivity index (χ1v) is 5.55. The maximum absolute atomic E-state index is 12.7. The van der Waals surface area contributed by atoms with Crippen LogP contribution in [-0.4, -0.2) is 41.9 Å². The molecule has 0 aliphatic rings. The van der Waals surface area contributed by atoms with Crippen molar-refractivity contribution in [2.45, 2.75) is 35.9 Å². The van der Waals surface area contributed by atoms with Crippen LogP contribution in [0.5, 0.6) is 0 Å². The van der Waals surface area contributed by atoms with E-state index in [0.29, 0.717) is 0 Å². The predicted octanol–water partition coefficient (Wildman–Crippen LogP) is 3.19. The van der Waals surface area contributed by atoms with E-state index < -0.39 is 46.0 Å². The molecule has 0 bridgehead atoms. The monoisotopic (exact) mass is 363 g/mol. The van der Waals surface area contributed by atoms with E-state index in [1.54, 1.807) is 0 Å². The van der Waals surface area contributed by atoms with Crippen molar-refractivity contribution in [2.75, 3.05) is 0 Å². The maximum atomic E-state index is 12.7. The molecule has 0 unspecified atom stereocenters. The summed E-state index contributed by atoms with van der Waals surface area (Å²) in [5.41, 5.74) is 0. The summed E-state index contributed by atoms with van der Waals surface area (Å²) in [5, 5.41) is -7.13. The van der Waals surface area contributed by atoms with Gasteiger partial charge in [-0.15, -0.1) is 0 Å². The van der Waals surface area contributed by atoms with E-state index in [-0.39, 0.29) is 6.15 Å². The van der Waals surface area contributed by atoms with Crippen molar-refractivity contribution in [1.29, 1.82) is 0 Å². The zero-order valence-corrected chi connectivity index (χ0v) is 10.5. The molecular formula is C6H7F10NO3S. The minimum absolute atomic E-state index is 0. The number of hydrogen-bond donors (Lipinski definition) is 2. The van der Waals surface area contributed by atoms with Crippen LogP contribution in [0.2, 0.25) is 0 Å². The molecule has 0 radical (unpaired) electrons. The molecule has 0 fully saturated rings. The molecule has 0 spiro atoms. The summed E-state index contributed by atoms with van der Waals surface area (Å²) in [6, 6.07) is 0. The molecule has 15 heteroatoms. The average Bonchev–Trinajstić information content (AvgIpc) is 2.12. The lowest BCUT2D eigenvalue weighted by Crippen LogP contribution is -2.68. The van der Waals surface area contributed by atoms with Crippen molar-refractivity contribution in [2.24, 2.45) is 0 Å². The molecule has 4 N–H and O–H groups in total. The van der Waals surface area contributed by atoms with Crippen molar-refractivity contribution in [3.05, 3.63) is 0 Å². The lowest BCUT2D eigenvalue weighted by Gasteiger charge is -2.37. The quantitative estimate of drug-likeness (QED) is 0.580. The first-order chi connectivity index (χ1) is 8.25. The van der Waals surface area contributed by atoms with E-state index in [1.165, 1.54) is 0 Å². The molecule has 0 aromatic heterocycles. The molecule has 0 amide bonds. The second-order valence-electron chi connectivity index (χ2n) is 3.60. The molecule has 21 heavy (non-hydrogen) atoms. The Balaban J connectivity index is 0. The molecule has 0 aromatic carbocycles. The Morgan fingerprint density at radius 1 is 0.714 bits per heavy atom. The highest BCUT2D eigenvalue weighted by Gasteiger charge is 2.88. The van der Waals surface area contributed by atoms with Crippen LogP contribution in [0.15, 0.2) is 0 Å². The van der Waals surface area contributed by atoms with Crippen LogP contribution in [0.1, 0.15) is 6.92 Å². The molecule has 0 heterocycles. The fourth-order valence-electron chi connectivity index (χ4n) is 0.818. The number of alkyl halides is 10. The van der Waals surface area contributed by atoms with E-state index in [1.807, 2.05) is 0 Å². The third-order valence-electron chi connectivity index (χ3n) is 2.03. The summed E-state index contributed by atoms with van der Waals surface area (Å²) in [5.74, 6) is -27.9. The van der Waals surface area contributed by atoms with Gasteiger partial charge >= 0.3 is 39.1 Å². The van der Waals surface area contributed by atoms with Gasteiger partial charge in [0.1, 0.15) is 0 Å². The highest BCUT2D eigenvalue weighted by molar-refractivity contribution is 7.87. The molecule has 0 aliphatic heterocycles. The number of rotatable bonds is 5.